The summed E-state index contributed by atoms with van der Waals surface area (Å²) in [5.74, 6) is -0.457. The van der Waals surface area contributed by atoms with Crippen LogP contribution in [0.5, 0.6) is 5.75 Å². The van der Waals surface area contributed by atoms with Gasteiger partial charge in [0.2, 0.25) is 0 Å². The zero-order chi connectivity index (χ0) is 14.5. The van der Waals surface area contributed by atoms with Gasteiger partial charge in [0, 0.05) is 0 Å². The molecule has 4 rings (SSSR count). The lowest BCUT2D eigenvalue weighted by molar-refractivity contribution is -0.181. The Kier molecular flexibility index (Phi) is 2.80. The number of hydrogen-bond acceptors (Lipinski definition) is 4. The smallest absolute Gasteiger partial charge is 0.323 e. The minimum absolute atomic E-state index is 0.0151. The molecule has 1 aromatic rings. The molecule has 0 aliphatic heterocycles. The number of hydrogen-bond donors (Lipinski definition) is 1. The molecule has 3 fully saturated rings. The van der Waals surface area contributed by atoms with Crippen molar-refractivity contribution in [2.24, 2.45) is 11.1 Å². The summed E-state index contributed by atoms with van der Waals surface area (Å²) < 4.78 is 23.4. The van der Waals surface area contributed by atoms with Gasteiger partial charge in [-0.15, -0.1) is 0 Å². The van der Waals surface area contributed by atoms with E-state index in [1.165, 1.54) is 20.3 Å². The number of benzene rings is 1. The zero-order valence-corrected chi connectivity index (χ0v) is 11.6. The molecule has 2 bridgehead atoms. The maximum atomic E-state index is 13.8. The third-order valence-corrected chi connectivity index (χ3v) is 4.95. The Labute approximate surface area is 117 Å². The van der Waals surface area contributed by atoms with Gasteiger partial charge in [-0.2, -0.15) is 0 Å². The largest absolute Gasteiger partial charge is 0.494 e. The lowest BCUT2D eigenvalue weighted by Crippen LogP contribution is -2.72. The average Bonchev–Trinajstić information content (AvgIpc) is 2.34. The highest BCUT2D eigenvalue weighted by molar-refractivity contribution is 5.77. The molecule has 0 amide bonds. The van der Waals surface area contributed by atoms with E-state index in [9.17, 15) is 9.18 Å². The third kappa shape index (κ3) is 1.59. The molecule has 0 spiro atoms. The maximum Gasteiger partial charge on any atom is 0.323 e. The number of rotatable bonds is 4. The molecule has 0 heterocycles. The molecule has 0 saturated heterocycles. The van der Waals surface area contributed by atoms with Crippen LogP contribution in [0.3, 0.4) is 0 Å². The van der Waals surface area contributed by atoms with Crippen molar-refractivity contribution < 1.29 is 18.7 Å². The quantitative estimate of drug-likeness (QED) is 0.853. The average molecular weight is 279 g/mol. The van der Waals surface area contributed by atoms with Crippen LogP contribution in [0, 0.1) is 11.2 Å². The normalized spacial score (nSPS) is 31.8. The Morgan fingerprint density at radius 1 is 1.35 bits per heavy atom. The standard InChI is InChI=1S/C15H18FNO3/c1-19-11-4-3-9(5-10(11)16)14-6-15(7-14,8-14)12(17)13(18)20-2/h3-5,12H,6-8,17H2,1-2H3. The van der Waals surface area contributed by atoms with E-state index in [1.54, 1.807) is 6.07 Å². The SMILES string of the molecule is COC(=O)C(N)C12CC(c3ccc(OC)c(F)c3)(C1)C2. The van der Waals surface area contributed by atoms with Crippen molar-refractivity contribution in [1.29, 1.82) is 0 Å². The minimum atomic E-state index is -0.572. The Morgan fingerprint density at radius 2 is 2.00 bits per heavy atom. The molecule has 3 aliphatic carbocycles. The predicted molar refractivity (Wildman–Crippen MR) is 70.9 cm³/mol. The van der Waals surface area contributed by atoms with Crippen molar-refractivity contribution in [2.45, 2.75) is 30.7 Å². The summed E-state index contributed by atoms with van der Waals surface area (Å²) in [5, 5.41) is 0. The Hall–Kier alpha value is -1.62. The first-order valence-electron chi connectivity index (χ1n) is 6.64. The Bertz CT molecular complexity index is 552. The molecule has 20 heavy (non-hydrogen) atoms. The summed E-state index contributed by atoms with van der Waals surface area (Å²) in [6, 6.07) is 4.51. The predicted octanol–water partition coefficient (Wildman–Crippen LogP) is 1.76. The highest BCUT2D eigenvalue weighted by Gasteiger charge is 2.71. The fourth-order valence-electron chi connectivity index (χ4n) is 3.88. The molecule has 1 aromatic carbocycles. The van der Waals surface area contributed by atoms with Crippen LogP contribution in [0.15, 0.2) is 18.2 Å². The van der Waals surface area contributed by atoms with E-state index in [0.29, 0.717) is 0 Å². The van der Waals surface area contributed by atoms with Gasteiger partial charge >= 0.3 is 5.97 Å². The molecule has 3 saturated carbocycles. The number of methoxy groups -OCH3 is 2. The van der Waals surface area contributed by atoms with Crippen LogP contribution in [0.25, 0.3) is 0 Å². The number of nitrogens with two attached hydrogens (primary N) is 1. The topological polar surface area (TPSA) is 61.5 Å². The molecule has 3 aliphatic rings. The van der Waals surface area contributed by atoms with Gasteiger partial charge in [0.15, 0.2) is 11.6 Å². The van der Waals surface area contributed by atoms with E-state index in [4.69, 9.17) is 15.2 Å². The van der Waals surface area contributed by atoms with Crippen molar-refractivity contribution in [3.05, 3.63) is 29.6 Å². The summed E-state index contributed by atoms with van der Waals surface area (Å²) >= 11 is 0. The van der Waals surface area contributed by atoms with Crippen LogP contribution in [-0.4, -0.2) is 26.2 Å². The van der Waals surface area contributed by atoms with Gasteiger partial charge in [-0.05, 0) is 47.8 Å². The van der Waals surface area contributed by atoms with E-state index < -0.39 is 6.04 Å². The summed E-state index contributed by atoms with van der Waals surface area (Å²) in [7, 11) is 2.80. The van der Waals surface area contributed by atoms with Gasteiger partial charge in [-0.25, -0.2) is 4.39 Å². The summed E-state index contributed by atoms with van der Waals surface area (Å²) in [6.07, 6.45) is 2.46. The van der Waals surface area contributed by atoms with Crippen molar-refractivity contribution in [1.82, 2.24) is 0 Å². The highest BCUT2D eigenvalue weighted by Crippen LogP contribution is 2.74. The lowest BCUT2D eigenvalue weighted by atomic mass is 9.31. The zero-order valence-electron chi connectivity index (χ0n) is 11.6. The summed E-state index contributed by atoms with van der Waals surface area (Å²) in [6.45, 7) is 0. The molecule has 1 atom stereocenters. The summed E-state index contributed by atoms with van der Waals surface area (Å²) in [4.78, 5) is 11.5. The number of carbonyl (C=O) groups excluding carboxylic acids is 1. The first-order chi connectivity index (χ1) is 9.46. The second-order valence-electron chi connectivity index (χ2n) is 6.02. The van der Waals surface area contributed by atoms with Crippen LogP contribution in [-0.2, 0) is 14.9 Å². The number of halogens is 1. The number of ether oxygens (including phenoxy) is 2. The van der Waals surface area contributed by atoms with Crippen molar-refractivity contribution in [3.63, 3.8) is 0 Å². The van der Waals surface area contributed by atoms with Crippen LogP contribution in [0.2, 0.25) is 0 Å². The van der Waals surface area contributed by atoms with Crippen LogP contribution < -0.4 is 10.5 Å². The lowest BCUT2D eigenvalue weighted by Gasteiger charge is -2.72. The van der Waals surface area contributed by atoms with Gasteiger partial charge in [0.05, 0.1) is 14.2 Å². The third-order valence-electron chi connectivity index (χ3n) is 4.95. The molecule has 5 heteroatoms. The van der Waals surface area contributed by atoms with Crippen molar-refractivity contribution in [2.75, 3.05) is 14.2 Å². The van der Waals surface area contributed by atoms with Crippen LogP contribution in [0.4, 0.5) is 4.39 Å². The molecule has 2 N–H and O–H groups in total. The minimum Gasteiger partial charge on any atom is -0.494 e. The maximum absolute atomic E-state index is 13.8. The Balaban J connectivity index is 1.75. The number of esters is 1. The molecular weight excluding hydrogens is 261 g/mol. The first-order valence-corrected chi connectivity index (χ1v) is 6.64. The van der Waals surface area contributed by atoms with Gasteiger partial charge in [0.25, 0.3) is 0 Å². The van der Waals surface area contributed by atoms with E-state index in [2.05, 4.69) is 0 Å². The fraction of sp³-hybridized carbons (Fsp3) is 0.533. The van der Waals surface area contributed by atoms with Gasteiger partial charge < -0.3 is 15.2 Å². The van der Waals surface area contributed by atoms with Crippen LogP contribution in [0.1, 0.15) is 24.8 Å². The fourth-order valence-corrected chi connectivity index (χ4v) is 3.88. The molecule has 4 nitrogen and oxygen atoms in total. The summed E-state index contributed by atoms with van der Waals surface area (Å²) in [5.41, 5.74) is 6.75. The van der Waals surface area contributed by atoms with E-state index in [1.807, 2.05) is 6.07 Å². The first kappa shape index (κ1) is 13.4. The highest BCUT2D eigenvalue weighted by atomic mass is 19.1. The van der Waals surface area contributed by atoms with Gasteiger partial charge in [-0.3, -0.25) is 4.79 Å². The van der Waals surface area contributed by atoms with Gasteiger partial charge in [-0.1, -0.05) is 6.07 Å². The monoisotopic (exact) mass is 279 g/mol. The Morgan fingerprint density at radius 3 is 2.50 bits per heavy atom. The van der Waals surface area contributed by atoms with Crippen molar-refractivity contribution in [3.8, 4) is 5.75 Å². The van der Waals surface area contributed by atoms with E-state index >= 15 is 0 Å². The molecule has 0 radical (unpaired) electrons. The van der Waals surface area contributed by atoms with Gasteiger partial charge in [0.1, 0.15) is 6.04 Å². The second kappa shape index (κ2) is 4.19. The molecule has 0 aromatic heterocycles. The van der Waals surface area contributed by atoms with E-state index in [0.717, 1.165) is 24.8 Å². The number of carbonyl (C=O) groups is 1. The molecule has 1 unspecified atom stereocenters. The van der Waals surface area contributed by atoms with Crippen LogP contribution >= 0.6 is 0 Å². The molecule has 108 valence electrons. The van der Waals surface area contributed by atoms with Crippen molar-refractivity contribution >= 4 is 5.97 Å². The van der Waals surface area contributed by atoms with E-state index in [-0.39, 0.29) is 28.4 Å². The second-order valence-corrected chi connectivity index (χ2v) is 6.02. The molecular formula is C15H18FNO3.